The highest BCUT2D eigenvalue weighted by Crippen LogP contribution is 2.40. The first kappa shape index (κ1) is 20.7. The number of hydrogen-bond acceptors (Lipinski definition) is 7. The molecule has 1 aliphatic heterocycles. The van der Waals surface area contributed by atoms with Crippen LogP contribution in [-0.4, -0.2) is 49.6 Å². The monoisotopic (exact) mass is 462 g/mol. The highest BCUT2D eigenvalue weighted by Gasteiger charge is 2.26. The lowest BCUT2D eigenvalue weighted by Crippen LogP contribution is -2.36. The third-order valence-corrected chi connectivity index (χ3v) is 8.27. The molecule has 1 N–H and O–H groups in total. The number of benzene rings is 1. The number of morpholine rings is 1. The standard InChI is InChI=1S/C21H23FN4O3S2/c1-13-11-14(5-6-16(13)22)31(27,28)25-20-19-15-3-2-4-17(15)30-21(19)24-18(23-20)12-26-7-9-29-10-8-26/h5-6,11H,2-4,7-10,12H2,1H3,(H,23,24,25). The van der Waals surface area contributed by atoms with Crippen molar-refractivity contribution in [2.45, 2.75) is 37.6 Å². The van der Waals surface area contributed by atoms with E-state index in [2.05, 4.69) is 14.6 Å². The number of sulfonamides is 1. The van der Waals surface area contributed by atoms with Crippen molar-refractivity contribution in [1.82, 2.24) is 14.9 Å². The van der Waals surface area contributed by atoms with E-state index in [9.17, 15) is 12.8 Å². The largest absolute Gasteiger partial charge is 0.379 e. The molecule has 31 heavy (non-hydrogen) atoms. The maximum Gasteiger partial charge on any atom is 0.263 e. The maximum atomic E-state index is 13.7. The Morgan fingerprint density at radius 3 is 2.81 bits per heavy atom. The fourth-order valence-corrected chi connectivity index (χ4v) is 6.49. The molecule has 3 aromatic rings. The first-order chi connectivity index (χ1) is 14.9. The van der Waals surface area contributed by atoms with Gasteiger partial charge < -0.3 is 4.74 Å². The van der Waals surface area contributed by atoms with E-state index in [1.54, 1.807) is 18.3 Å². The van der Waals surface area contributed by atoms with Crippen LogP contribution in [0.25, 0.3) is 10.2 Å². The molecule has 1 fully saturated rings. The molecule has 0 bridgehead atoms. The van der Waals surface area contributed by atoms with E-state index < -0.39 is 15.8 Å². The second kappa shape index (κ2) is 8.09. The average molecular weight is 463 g/mol. The number of nitrogens with one attached hydrogen (secondary N) is 1. The lowest BCUT2D eigenvalue weighted by atomic mass is 10.2. The molecule has 2 aliphatic rings. The van der Waals surface area contributed by atoms with Gasteiger partial charge in [0.1, 0.15) is 16.5 Å². The molecular formula is C21H23FN4O3S2. The van der Waals surface area contributed by atoms with Gasteiger partial charge in [-0.05, 0) is 55.5 Å². The number of aromatic nitrogens is 2. The number of hydrogen-bond donors (Lipinski definition) is 1. The summed E-state index contributed by atoms with van der Waals surface area (Å²) in [6.45, 7) is 4.99. The Hall–Kier alpha value is -2.14. The third kappa shape index (κ3) is 4.05. The number of anilines is 1. The van der Waals surface area contributed by atoms with Crippen molar-refractivity contribution in [3.8, 4) is 0 Å². The topological polar surface area (TPSA) is 84.4 Å². The molecule has 0 atom stereocenters. The summed E-state index contributed by atoms with van der Waals surface area (Å²) in [6.07, 6.45) is 2.93. The normalized spacial score (nSPS) is 17.2. The van der Waals surface area contributed by atoms with E-state index in [0.29, 0.717) is 31.4 Å². The van der Waals surface area contributed by atoms with Crippen LogP contribution in [-0.2, 0) is 34.1 Å². The molecule has 7 nitrogen and oxygen atoms in total. The summed E-state index contributed by atoms with van der Waals surface area (Å²) in [5.41, 5.74) is 1.42. The van der Waals surface area contributed by atoms with Crippen LogP contribution < -0.4 is 4.72 Å². The molecule has 3 heterocycles. The molecule has 164 valence electrons. The lowest BCUT2D eigenvalue weighted by Gasteiger charge is -2.25. The van der Waals surface area contributed by atoms with Gasteiger partial charge in [0.05, 0.1) is 30.0 Å². The minimum absolute atomic E-state index is 0.0137. The van der Waals surface area contributed by atoms with Gasteiger partial charge in [-0.3, -0.25) is 9.62 Å². The molecule has 2 aromatic heterocycles. The van der Waals surface area contributed by atoms with Crippen LogP contribution in [0.2, 0.25) is 0 Å². The zero-order chi connectivity index (χ0) is 21.6. The number of thiophene rings is 1. The van der Waals surface area contributed by atoms with Crippen LogP contribution in [0.3, 0.4) is 0 Å². The van der Waals surface area contributed by atoms with Gasteiger partial charge in [-0.15, -0.1) is 11.3 Å². The van der Waals surface area contributed by atoms with E-state index in [-0.39, 0.29) is 10.5 Å². The number of nitrogens with zero attached hydrogens (tertiary/aromatic N) is 3. The van der Waals surface area contributed by atoms with Crippen molar-refractivity contribution < 1.29 is 17.5 Å². The Morgan fingerprint density at radius 2 is 2.03 bits per heavy atom. The molecular weight excluding hydrogens is 439 g/mol. The van der Waals surface area contributed by atoms with Crippen molar-refractivity contribution in [2.75, 3.05) is 31.0 Å². The van der Waals surface area contributed by atoms with Gasteiger partial charge in [0.2, 0.25) is 0 Å². The molecule has 0 amide bonds. The predicted octanol–water partition coefficient (Wildman–Crippen LogP) is 3.26. The van der Waals surface area contributed by atoms with Crippen molar-refractivity contribution in [1.29, 1.82) is 0 Å². The lowest BCUT2D eigenvalue weighted by molar-refractivity contribution is 0.0331. The number of halogens is 1. The average Bonchev–Trinajstić information content (AvgIpc) is 3.31. The van der Waals surface area contributed by atoms with Crippen LogP contribution in [0.15, 0.2) is 23.1 Å². The minimum Gasteiger partial charge on any atom is -0.379 e. The highest BCUT2D eigenvalue weighted by molar-refractivity contribution is 7.92. The summed E-state index contributed by atoms with van der Waals surface area (Å²) in [5.74, 6) is 0.462. The minimum atomic E-state index is -3.93. The van der Waals surface area contributed by atoms with E-state index >= 15 is 0 Å². The molecule has 1 aliphatic carbocycles. The van der Waals surface area contributed by atoms with Crippen molar-refractivity contribution >= 4 is 37.4 Å². The summed E-state index contributed by atoms with van der Waals surface area (Å²) in [5, 5.41) is 0.797. The van der Waals surface area contributed by atoms with E-state index in [0.717, 1.165) is 48.1 Å². The maximum absolute atomic E-state index is 13.7. The zero-order valence-corrected chi connectivity index (χ0v) is 18.8. The van der Waals surface area contributed by atoms with Crippen LogP contribution in [0.4, 0.5) is 10.2 Å². The zero-order valence-electron chi connectivity index (χ0n) is 17.1. The Balaban J connectivity index is 1.56. The fraction of sp³-hybridized carbons (Fsp3) is 0.429. The molecule has 1 aromatic carbocycles. The Morgan fingerprint density at radius 1 is 1.23 bits per heavy atom. The van der Waals surface area contributed by atoms with Gasteiger partial charge in [0.25, 0.3) is 10.0 Å². The van der Waals surface area contributed by atoms with Gasteiger partial charge in [0.15, 0.2) is 5.82 Å². The number of fused-ring (bicyclic) bond motifs is 3. The van der Waals surface area contributed by atoms with E-state index in [1.165, 1.54) is 23.1 Å². The van der Waals surface area contributed by atoms with Crippen LogP contribution in [0, 0.1) is 12.7 Å². The van der Waals surface area contributed by atoms with Gasteiger partial charge in [0, 0.05) is 18.0 Å². The SMILES string of the molecule is Cc1cc(S(=O)(=O)Nc2nc(CN3CCOCC3)nc3sc4c(c23)CCC4)ccc1F. The molecule has 0 saturated carbocycles. The van der Waals surface area contributed by atoms with Gasteiger partial charge in [-0.25, -0.2) is 22.8 Å². The summed E-state index contributed by atoms with van der Waals surface area (Å²) < 4.78 is 48.0. The van der Waals surface area contributed by atoms with Crippen LogP contribution >= 0.6 is 11.3 Å². The Bertz CT molecular complexity index is 1250. The van der Waals surface area contributed by atoms with Crippen molar-refractivity contribution in [3.05, 3.63) is 45.8 Å². The molecule has 1 saturated heterocycles. The summed E-state index contributed by atoms with van der Waals surface area (Å²) in [7, 11) is -3.93. The molecule has 0 spiro atoms. The van der Waals surface area contributed by atoms with E-state index in [4.69, 9.17) is 9.72 Å². The first-order valence-electron chi connectivity index (χ1n) is 10.3. The molecule has 5 rings (SSSR count). The smallest absolute Gasteiger partial charge is 0.263 e. The first-order valence-corrected chi connectivity index (χ1v) is 12.6. The quantitative estimate of drug-likeness (QED) is 0.627. The highest BCUT2D eigenvalue weighted by atomic mass is 32.2. The van der Waals surface area contributed by atoms with Crippen LogP contribution in [0.5, 0.6) is 0 Å². The van der Waals surface area contributed by atoms with Crippen molar-refractivity contribution in [3.63, 3.8) is 0 Å². The van der Waals surface area contributed by atoms with E-state index in [1.807, 2.05) is 0 Å². The predicted molar refractivity (Wildman–Crippen MR) is 117 cm³/mol. The third-order valence-electron chi connectivity index (χ3n) is 5.75. The number of rotatable bonds is 5. The Kier molecular flexibility index (Phi) is 5.41. The molecule has 10 heteroatoms. The Labute approximate surface area is 184 Å². The fourth-order valence-electron chi connectivity index (χ4n) is 4.11. The molecule has 0 unspecified atom stereocenters. The number of ether oxygens (including phenoxy) is 1. The summed E-state index contributed by atoms with van der Waals surface area (Å²) in [4.78, 5) is 13.7. The second-order valence-corrected chi connectivity index (χ2v) is 10.7. The number of aryl methyl sites for hydroxylation is 3. The molecule has 0 radical (unpaired) electrons. The van der Waals surface area contributed by atoms with Gasteiger partial charge >= 0.3 is 0 Å². The second-order valence-electron chi connectivity index (χ2n) is 7.93. The van der Waals surface area contributed by atoms with Crippen LogP contribution in [0.1, 0.15) is 28.2 Å². The van der Waals surface area contributed by atoms with Crippen molar-refractivity contribution in [2.24, 2.45) is 0 Å². The summed E-state index contributed by atoms with van der Waals surface area (Å²) >= 11 is 1.62. The summed E-state index contributed by atoms with van der Waals surface area (Å²) in [6, 6.07) is 3.78. The van der Waals surface area contributed by atoms with Gasteiger partial charge in [-0.1, -0.05) is 0 Å². The van der Waals surface area contributed by atoms with Gasteiger partial charge in [-0.2, -0.15) is 0 Å².